The first-order valence-electron chi connectivity index (χ1n) is 14.1. The molecule has 0 amide bonds. The largest absolute Gasteiger partial charge is 0.481 e. The molecule has 0 aromatic heterocycles. The van der Waals surface area contributed by atoms with Crippen molar-refractivity contribution < 1.29 is 24.9 Å². The lowest BCUT2D eigenvalue weighted by Gasteiger charge is -2.61. The molecule has 0 heterocycles. The number of carbonyl (C=O) groups is 2. The number of hydrogen-bond acceptors (Lipinski definition) is 4. The van der Waals surface area contributed by atoms with E-state index in [0.29, 0.717) is 37.4 Å². The van der Waals surface area contributed by atoms with Crippen LogP contribution >= 0.6 is 0 Å². The van der Waals surface area contributed by atoms with E-state index >= 15 is 0 Å². The van der Waals surface area contributed by atoms with Gasteiger partial charge in [-0.3, -0.25) is 9.59 Å². The number of aliphatic hydroxyl groups is 2. The molecule has 4 aliphatic rings. The number of fused-ring (bicyclic) bond motifs is 4. The maximum absolute atomic E-state index is 12.8. The van der Waals surface area contributed by atoms with Crippen LogP contribution in [0.1, 0.15) is 99.3 Å². The fraction of sp³-hybridized carbons (Fsp3) is 0.806. The molecule has 1 unspecified atom stereocenters. The Morgan fingerprint density at radius 2 is 1.75 bits per heavy atom. The molecule has 4 aliphatic carbocycles. The van der Waals surface area contributed by atoms with Gasteiger partial charge in [0.15, 0.2) is 0 Å². The SMILES string of the molecule is C=C(CC[C@@H](C(=O)O)[C@H]1C[C@H](O)[C@@]2(C)C3=C(CC[C@]12C)[C@@]1(C)CCC(=O)C(C)(C)[C@@H]1CC3)C(C)CO. The standard InChI is InChI=1S/C31H48O5/c1-18(19(2)17-32)8-9-20(27(35)36)23-16-26(34)31(7)22-10-11-24-28(3,4)25(33)13-14-29(24,5)21(22)12-15-30(23,31)6/h19-20,23-24,26,32,34H,1,8-17H2,2-7H3,(H,35,36)/t19?,20-,23-,24+,26+,29-,30-,31-/m1/s1. The molecule has 5 heteroatoms. The Labute approximate surface area is 217 Å². The van der Waals surface area contributed by atoms with Gasteiger partial charge >= 0.3 is 5.97 Å². The molecule has 36 heavy (non-hydrogen) atoms. The van der Waals surface area contributed by atoms with Crippen LogP contribution in [0.15, 0.2) is 23.3 Å². The Morgan fingerprint density at radius 1 is 1.08 bits per heavy atom. The highest BCUT2D eigenvalue weighted by Crippen LogP contribution is 2.72. The minimum absolute atomic E-state index is 0.0214. The Hall–Kier alpha value is -1.46. The van der Waals surface area contributed by atoms with Crippen LogP contribution in [0.2, 0.25) is 0 Å². The van der Waals surface area contributed by atoms with Crippen molar-refractivity contribution in [1.29, 1.82) is 0 Å². The van der Waals surface area contributed by atoms with Gasteiger partial charge in [0.1, 0.15) is 5.78 Å². The summed E-state index contributed by atoms with van der Waals surface area (Å²) in [6.45, 7) is 17.1. The molecule has 202 valence electrons. The van der Waals surface area contributed by atoms with Crippen molar-refractivity contribution in [3.63, 3.8) is 0 Å². The van der Waals surface area contributed by atoms with Crippen LogP contribution in [0.5, 0.6) is 0 Å². The molecule has 0 spiro atoms. The van der Waals surface area contributed by atoms with Gasteiger partial charge in [-0.2, -0.15) is 0 Å². The number of rotatable bonds is 7. The predicted octanol–water partition coefficient (Wildman–Crippen LogP) is 5.94. The number of hydrogen-bond donors (Lipinski definition) is 3. The molecule has 4 rings (SSSR count). The van der Waals surface area contributed by atoms with Crippen LogP contribution < -0.4 is 0 Å². The Morgan fingerprint density at radius 3 is 2.36 bits per heavy atom. The maximum atomic E-state index is 12.8. The van der Waals surface area contributed by atoms with Crippen molar-refractivity contribution >= 4 is 11.8 Å². The molecule has 0 aromatic rings. The van der Waals surface area contributed by atoms with E-state index in [-0.39, 0.29) is 34.7 Å². The van der Waals surface area contributed by atoms with E-state index in [0.717, 1.165) is 37.7 Å². The van der Waals surface area contributed by atoms with E-state index in [1.807, 2.05) is 6.92 Å². The molecule has 5 nitrogen and oxygen atoms in total. The molecule has 8 atom stereocenters. The lowest BCUT2D eigenvalue weighted by Crippen LogP contribution is -2.55. The number of Topliss-reactive ketones (excluding diaryl/α,β-unsaturated/α-hetero) is 1. The number of aliphatic carboxylic acids is 1. The number of carbonyl (C=O) groups excluding carboxylic acids is 1. The third kappa shape index (κ3) is 3.70. The minimum atomic E-state index is -0.787. The third-order valence-corrected chi connectivity index (χ3v) is 12.2. The highest BCUT2D eigenvalue weighted by Gasteiger charge is 2.67. The van der Waals surface area contributed by atoms with Crippen LogP contribution in [0.25, 0.3) is 0 Å². The van der Waals surface area contributed by atoms with Crippen LogP contribution in [-0.4, -0.2) is 39.8 Å². The summed E-state index contributed by atoms with van der Waals surface area (Å²) in [5.41, 5.74) is 2.62. The summed E-state index contributed by atoms with van der Waals surface area (Å²) in [6.07, 6.45) is 6.16. The average molecular weight is 501 g/mol. The van der Waals surface area contributed by atoms with Crippen molar-refractivity contribution in [1.82, 2.24) is 0 Å². The summed E-state index contributed by atoms with van der Waals surface area (Å²) in [6, 6.07) is 0. The maximum Gasteiger partial charge on any atom is 0.306 e. The zero-order chi connectivity index (χ0) is 26.8. The highest BCUT2D eigenvalue weighted by atomic mass is 16.4. The topological polar surface area (TPSA) is 94.8 Å². The summed E-state index contributed by atoms with van der Waals surface area (Å²) in [4.78, 5) is 25.4. The quantitative estimate of drug-likeness (QED) is 0.376. The minimum Gasteiger partial charge on any atom is -0.481 e. The van der Waals surface area contributed by atoms with E-state index in [9.17, 15) is 24.9 Å². The molecular formula is C31H48O5. The van der Waals surface area contributed by atoms with Gasteiger partial charge in [-0.1, -0.05) is 64.8 Å². The predicted molar refractivity (Wildman–Crippen MR) is 141 cm³/mol. The van der Waals surface area contributed by atoms with Gasteiger partial charge < -0.3 is 15.3 Å². The van der Waals surface area contributed by atoms with Gasteiger partial charge in [0.2, 0.25) is 0 Å². The fourth-order valence-corrected chi connectivity index (χ4v) is 9.39. The average Bonchev–Trinajstić information content (AvgIpc) is 3.02. The van der Waals surface area contributed by atoms with Gasteiger partial charge in [0.05, 0.1) is 12.0 Å². The van der Waals surface area contributed by atoms with Gasteiger partial charge in [-0.05, 0) is 80.0 Å². The summed E-state index contributed by atoms with van der Waals surface area (Å²) in [5.74, 6) is -0.794. The second kappa shape index (κ2) is 9.08. The summed E-state index contributed by atoms with van der Waals surface area (Å²) < 4.78 is 0. The van der Waals surface area contributed by atoms with E-state index in [1.54, 1.807) is 0 Å². The van der Waals surface area contributed by atoms with Crippen molar-refractivity contribution in [2.45, 2.75) is 105 Å². The zero-order valence-corrected chi connectivity index (χ0v) is 23.3. The number of carboxylic acids is 1. The van der Waals surface area contributed by atoms with E-state index in [2.05, 4.69) is 41.2 Å². The third-order valence-electron chi connectivity index (χ3n) is 12.2. The van der Waals surface area contributed by atoms with E-state index in [1.165, 1.54) is 11.1 Å². The first kappa shape index (κ1) is 27.6. The molecule has 2 saturated carbocycles. The smallest absolute Gasteiger partial charge is 0.306 e. The molecule has 0 saturated heterocycles. The number of aliphatic hydroxyl groups excluding tert-OH is 2. The molecule has 2 fully saturated rings. The van der Waals surface area contributed by atoms with Gasteiger partial charge in [0, 0.05) is 23.9 Å². The van der Waals surface area contributed by atoms with Gasteiger partial charge in [-0.15, -0.1) is 0 Å². The van der Waals surface area contributed by atoms with Crippen molar-refractivity contribution in [3.8, 4) is 0 Å². The molecule has 0 aliphatic heterocycles. The monoisotopic (exact) mass is 500 g/mol. The summed E-state index contributed by atoms with van der Waals surface area (Å²) >= 11 is 0. The number of carboxylic acid groups (broad SMARTS) is 1. The zero-order valence-electron chi connectivity index (χ0n) is 23.3. The normalized spacial score (nSPS) is 41.2. The number of allylic oxidation sites excluding steroid dienone is 1. The van der Waals surface area contributed by atoms with Crippen molar-refractivity contribution in [2.24, 2.45) is 45.3 Å². The van der Waals surface area contributed by atoms with E-state index in [4.69, 9.17) is 0 Å². The molecule has 0 aromatic carbocycles. The lowest BCUT2D eigenvalue weighted by atomic mass is 9.43. The van der Waals surface area contributed by atoms with Gasteiger partial charge in [0.25, 0.3) is 0 Å². The van der Waals surface area contributed by atoms with Gasteiger partial charge in [-0.25, -0.2) is 0 Å². The second-order valence-corrected chi connectivity index (χ2v) is 13.8. The lowest BCUT2D eigenvalue weighted by molar-refractivity contribution is -0.146. The first-order chi connectivity index (χ1) is 16.7. The first-order valence-corrected chi connectivity index (χ1v) is 14.1. The molecule has 0 radical (unpaired) electrons. The van der Waals surface area contributed by atoms with Crippen LogP contribution in [0, 0.1) is 45.3 Å². The number of ketones is 1. The molecule has 3 N–H and O–H groups in total. The van der Waals surface area contributed by atoms with Crippen molar-refractivity contribution in [3.05, 3.63) is 23.3 Å². The Kier molecular flexibility index (Phi) is 6.95. The van der Waals surface area contributed by atoms with E-state index < -0.39 is 23.4 Å². The summed E-state index contributed by atoms with van der Waals surface area (Å²) in [5, 5.41) is 31.5. The highest BCUT2D eigenvalue weighted by molar-refractivity contribution is 5.85. The van der Waals surface area contributed by atoms with Crippen LogP contribution in [0.3, 0.4) is 0 Å². The molecular weight excluding hydrogens is 452 g/mol. The fourth-order valence-electron chi connectivity index (χ4n) is 9.39. The Balaban J connectivity index is 1.70. The van der Waals surface area contributed by atoms with Crippen LogP contribution in [-0.2, 0) is 9.59 Å². The van der Waals surface area contributed by atoms with Crippen LogP contribution in [0.4, 0.5) is 0 Å². The summed E-state index contributed by atoms with van der Waals surface area (Å²) in [7, 11) is 0. The second-order valence-electron chi connectivity index (χ2n) is 13.8. The Bertz CT molecular complexity index is 977. The van der Waals surface area contributed by atoms with Crippen molar-refractivity contribution in [2.75, 3.05) is 6.61 Å². The molecule has 0 bridgehead atoms.